The van der Waals surface area contributed by atoms with Crippen LogP contribution >= 0.6 is 0 Å². The number of fused-ring (bicyclic) bond motifs is 1. The van der Waals surface area contributed by atoms with Crippen LogP contribution in [0.15, 0.2) is 35.2 Å². The predicted molar refractivity (Wildman–Crippen MR) is 121 cm³/mol. The van der Waals surface area contributed by atoms with Crippen molar-refractivity contribution in [2.75, 3.05) is 32.5 Å². The maximum atomic E-state index is 14.1. The summed E-state index contributed by atoms with van der Waals surface area (Å²) in [5, 5.41) is 0. The Kier molecular flexibility index (Phi) is 6.27. The molecule has 0 heterocycles. The van der Waals surface area contributed by atoms with Crippen molar-refractivity contribution in [2.45, 2.75) is 42.9 Å². The molecule has 32 heavy (non-hydrogen) atoms. The summed E-state index contributed by atoms with van der Waals surface area (Å²) in [4.78, 5) is 14.7. The minimum atomic E-state index is -4.05. The fourth-order valence-electron chi connectivity index (χ4n) is 4.80. The molecule has 6 nitrogen and oxygen atoms in total. The highest BCUT2D eigenvalue weighted by atomic mass is 32.2. The van der Waals surface area contributed by atoms with Crippen LogP contribution < -0.4 is 4.72 Å². The molecule has 0 spiro atoms. The summed E-state index contributed by atoms with van der Waals surface area (Å²) >= 11 is 0. The van der Waals surface area contributed by atoms with E-state index < -0.39 is 21.8 Å². The summed E-state index contributed by atoms with van der Waals surface area (Å²) in [5.74, 6) is -0.745. The number of nitrogens with one attached hydrogen (secondary N) is 1. The van der Waals surface area contributed by atoms with Gasteiger partial charge in [0.05, 0.1) is 23.3 Å². The Balaban J connectivity index is 1.72. The number of carbonyl (C=O) groups is 1. The van der Waals surface area contributed by atoms with E-state index in [9.17, 15) is 17.6 Å². The number of hydrogen-bond donors (Lipinski definition) is 1. The first-order chi connectivity index (χ1) is 15.2. The van der Waals surface area contributed by atoms with Crippen LogP contribution in [-0.4, -0.2) is 47.0 Å². The molecule has 0 saturated heterocycles. The maximum absolute atomic E-state index is 14.1. The maximum Gasteiger partial charge on any atom is 0.340 e. The summed E-state index contributed by atoms with van der Waals surface area (Å²) in [7, 11) is 1.17. The number of nitrogens with zero attached hydrogens (tertiary/aromatic N) is 1. The first kappa shape index (κ1) is 22.7. The number of sulfonamides is 1. The van der Waals surface area contributed by atoms with Gasteiger partial charge < -0.3 is 9.64 Å². The fraction of sp³-hybridized carbons (Fsp3) is 0.458. The lowest BCUT2D eigenvalue weighted by atomic mass is 9.87. The minimum absolute atomic E-state index is 0.0108. The third kappa shape index (κ3) is 4.52. The number of methoxy groups -OCH3 is 1. The quantitative estimate of drug-likeness (QED) is 0.633. The lowest BCUT2D eigenvalue weighted by Gasteiger charge is -2.22. The number of anilines is 1. The number of hydrogen-bond acceptors (Lipinski definition) is 5. The summed E-state index contributed by atoms with van der Waals surface area (Å²) in [6.07, 6.45) is 4.34. The Morgan fingerprint density at radius 2 is 1.94 bits per heavy atom. The zero-order valence-electron chi connectivity index (χ0n) is 18.7. The van der Waals surface area contributed by atoms with Crippen LogP contribution in [0.2, 0.25) is 0 Å². The van der Waals surface area contributed by atoms with Crippen molar-refractivity contribution in [3.05, 3.63) is 58.4 Å². The molecule has 0 bridgehead atoms. The van der Waals surface area contributed by atoms with E-state index in [1.165, 1.54) is 19.2 Å². The summed E-state index contributed by atoms with van der Waals surface area (Å²) < 4.78 is 48.5. The van der Waals surface area contributed by atoms with Gasteiger partial charge in [-0.3, -0.25) is 4.72 Å². The van der Waals surface area contributed by atoms with Crippen LogP contribution in [0.25, 0.3) is 0 Å². The molecular formula is C24H29FN2O4S. The van der Waals surface area contributed by atoms with Crippen LogP contribution in [0, 0.1) is 11.7 Å². The Bertz CT molecular complexity index is 1150. The van der Waals surface area contributed by atoms with Crippen molar-refractivity contribution in [1.82, 2.24) is 4.90 Å². The molecule has 172 valence electrons. The first-order valence-electron chi connectivity index (χ1n) is 10.9. The van der Waals surface area contributed by atoms with Gasteiger partial charge >= 0.3 is 5.97 Å². The molecule has 1 saturated carbocycles. The predicted octanol–water partition coefficient (Wildman–Crippen LogP) is 3.96. The highest BCUT2D eigenvalue weighted by molar-refractivity contribution is 7.92. The topological polar surface area (TPSA) is 75.7 Å². The summed E-state index contributed by atoms with van der Waals surface area (Å²) in [5.41, 5.74) is 2.85. The van der Waals surface area contributed by atoms with Crippen molar-refractivity contribution in [1.29, 1.82) is 0 Å². The molecule has 2 atom stereocenters. The number of rotatable bonds is 7. The van der Waals surface area contributed by atoms with Crippen LogP contribution in [0.5, 0.6) is 0 Å². The van der Waals surface area contributed by atoms with E-state index in [-0.39, 0.29) is 28.0 Å². The zero-order chi connectivity index (χ0) is 23.0. The van der Waals surface area contributed by atoms with Crippen molar-refractivity contribution in [3.8, 4) is 0 Å². The van der Waals surface area contributed by atoms with Gasteiger partial charge in [-0.1, -0.05) is 6.07 Å². The number of aryl methyl sites for hydroxylation is 1. The van der Waals surface area contributed by atoms with Crippen LogP contribution in [0.4, 0.5) is 10.1 Å². The molecule has 0 unspecified atom stereocenters. The summed E-state index contributed by atoms with van der Waals surface area (Å²) in [6.45, 7) is 0.811. The summed E-state index contributed by atoms with van der Waals surface area (Å²) in [6, 6.07) is 7.30. The highest BCUT2D eigenvalue weighted by Crippen LogP contribution is 2.50. The van der Waals surface area contributed by atoms with Crippen molar-refractivity contribution in [2.24, 2.45) is 5.92 Å². The molecule has 0 amide bonds. The standard InChI is InChI=1S/C24H29FN2O4S/c1-27(2)14-16-12-19(16)20-13-17(25)9-11-22(20)32(29,30)26-21-10-8-15-6-4-5-7-18(15)23(21)24(28)31-3/h8-11,13,16,19,26H,4-7,12,14H2,1-3H3/t16-,19-/m0/s1. The van der Waals surface area contributed by atoms with Gasteiger partial charge in [-0.05, 0) is 99.0 Å². The van der Waals surface area contributed by atoms with E-state index in [2.05, 4.69) is 4.72 Å². The second kappa shape index (κ2) is 8.83. The average Bonchev–Trinajstić information content (AvgIpc) is 3.50. The molecule has 0 aromatic heterocycles. The second-order valence-corrected chi connectivity index (χ2v) is 10.6. The van der Waals surface area contributed by atoms with Crippen LogP contribution in [0.1, 0.15) is 52.2 Å². The molecule has 2 aromatic carbocycles. The van der Waals surface area contributed by atoms with Gasteiger partial charge in [0.1, 0.15) is 5.82 Å². The molecule has 1 N–H and O–H groups in total. The molecule has 0 aliphatic heterocycles. The molecule has 2 aromatic rings. The van der Waals surface area contributed by atoms with E-state index in [1.54, 1.807) is 6.07 Å². The van der Waals surface area contributed by atoms with E-state index in [0.717, 1.165) is 49.4 Å². The number of carbonyl (C=O) groups excluding carboxylic acids is 1. The lowest BCUT2D eigenvalue weighted by Crippen LogP contribution is -2.20. The van der Waals surface area contributed by atoms with Gasteiger partial charge in [0.25, 0.3) is 10.0 Å². The second-order valence-electron chi connectivity index (χ2n) is 8.98. The van der Waals surface area contributed by atoms with Gasteiger partial charge in [0.2, 0.25) is 0 Å². The van der Waals surface area contributed by atoms with E-state index in [1.807, 2.05) is 25.1 Å². The zero-order valence-corrected chi connectivity index (χ0v) is 19.5. The van der Waals surface area contributed by atoms with Crippen LogP contribution in [-0.2, 0) is 27.6 Å². The normalized spacial score (nSPS) is 20.0. The molecule has 4 rings (SSSR count). The Morgan fingerprint density at radius 1 is 1.19 bits per heavy atom. The SMILES string of the molecule is COC(=O)c1c(NS(=O)(=O)c2ccc(F)cc2[C@H]2C[C@H]2CN(C)C)ccc2c1CCCC2. The Morgan fingerprint density at radius 3 is 2.66 bits per heavy atom. The molecule has 8 heteroatoms. The molecule has 2 aliphatic rings. The van der Waals surface area contributed by atoms with Gasteiger partial charge in [-0.25, -0.2) is 17.6 Å². The van der Waals surface area contributed by atoms with Crippen LogP contribution in [0.3, 0.4) is 0 Å². The van der Waals surface area contributed by atoms with Crippen molar-refractivity contribution < 1.29 is 22.3 Å². The van der Waals surface area contributed by atoms with Gasteiger partial charge in [0.15, 0.2) is 0 Å². The first-order valence-corrected chi connectivity index (χ1v) is 12.4. The van der Waals surface area contributed by atoms with Crippen molar-refractivity contribution >= 4 is 21.7 Å². The molecule has 0 radical (unpaired) electrons. The minimum Gasteiger partial charge on any atom is -0.465 e. The van der Waals surface area contributed by atoms with E-state index >= 15 is 0 Å². The Hall–Kier alpha value is -2.45. The molecule has 1 fully saturated rings. The molecule has 2 aliphatic carbocycles. The smallest absolute Gasteiger partial charge is 0.340 e. The van der Waals surface area contributed by atoms with E-state index in [4.69, 9.17) is 4.74 Å². The Labute approximate surface area is 188 Å². The largest absolute Gasteiger partial charge is 0.465 e. The monoisotopic (exact) mass is 460 g/mol. The van der Waals surface area contributed by atoms with E-state index in [0.29, 0.717) is 12.0 Å². The average molecular weight is 461 g/mol. The number of halogens is 1. The lowest BCUT2D eigenvalue weighted by molar-refractivity contribution is 0.0600. The number of ether oxygens (including phenoxy) is 1. The third-order valence-corrected chi connectivity index (χ3v) is 7.79. The molecular weight excluding hydrogens is 431 g/mol. The highest BCUT2D eigenvalue weighted by Gasteiger charge is 2.41. The number of benzene rings is 2. The van der Waals surface area contributed by atoms with Crippen molar-refractivity contribution in [3.63, 3.8) is 0 Å². The fourth-order valence-corrected chi connectivity index (χ4v) is 6.14. The number of esters is 1. The van der Waals surface area contributed by atoms with Gasteiger partial charge in [-0.2, -0.15) is 0 Å². The third-order valence-electron chi connectivity index (χ3n) is 6.35. The van der Waals surface area contributed by atoms with Gasteiger partial charge in [-0.15, -0.1) is 0 Å². The van der Waals surface area contributed by atoms with Gasteiger partial charge in [0, 0.05) is 6.54 Å².